The topological polar surface area (TPSA) is 58.2 Å². The van der Waals surface area contributed by atoms with Gasteiger partial charge in [0.05, 0.1) is 4.90 Å². The molecule has 1 aliphatic rings. The number of rotatable bonds is 7. The Bertz CT molecular complexity index is 593. The zero-order valence-corrected chi connectivity index (χ0v) is 14.0. The molecule has 0 amide bonds. The smallest absolute Gasteiger partial charge is 0.241 e. The summed E-state index contributed by atoms with van der Waals surface area (Å²) in [6.45, 7) is 7.67. The summed E-state index contributed by atoms with van der Waals surface area (Å²) in [6, 6.07) is 3.92. The Morgan fingerprint density at radius 1 is 1.19 bits per heavy atom. The van der Waals surface area contributed by atoms with Crippen LogP contribution in [0.2, 0.25) is 0 Å². The van der Waals surface area contributed by atoms with Crippen LogP contribution in [0, 0.1) is 13.8 Å². The third-order valence-corrected chi connectivity index (χ3v) is 5.75. The molecule has 0 aliphatic heterocycles. The Morgan fingerprint density at radius 2 is 1.90 bits per heavy atom. The van der Waals surface area contributed by atoms with Gasteiger partial charge < -0.3 is 5.32 Å². The zero-order chi connectivity index (χ0) is 15.5. The van der Waals surface area contributed by atoms with E-state index in [1.165, 1.54) is 0 Å². The van der Waals surface area contributed by atoms with Gasteiger partial charge >= 0.3 is 0 Å². The van der Waals surface area contributed by atoms with Gasteiger partial charge in [0, 0.05) is 12.6 Å². The average Bonchev–Trinajstić information content (AvgIpc) is 2.36. The zero-order valence-electron chi connectivity index (χ0n) is 13.2. The van der Waals surface area contributed by atoms with Crippen LogP contribution in [0.5, 0.6) is 0 Å². The number of aryl methyl sites for hydroxylation is 2. The molecule has 5 heteroatoms. The molecule has 4 nitrogen and oxygen atoms in total. The second kappa shape index (κ2) is 6.90. The molecule has 1 fully saturated rings. The predicted molar refractivity (Wildman–Crippen MR) is 85.9 cm³/mol. The highest BCUT2D eigenvalue weighted by atomic mass is 32.2. The minimum absolute atomic E-state index is 0.123. The van der Waals surface area contributed by atoms with Gasteiger partial charge in [0.15, 0.2) is 0 Å². The fourth-order valence-electron chi connectivity index (χ4n) is 2.56. The van der Waals surface area contributed by atoms with Gasteiger partial charge in [-0.05, 0) is 62.4 Å². The van der Waals surface area contributed by atoms with E-state index in [-0.39, 0.29) is 6.04 Å². The Morgan fingerprint density at radius 3 is 2.48 bits per heavy atom. The third-order valence-electron chi connectivity index (χ3n) is 4.09. The first-order valence-corrected chi connectivity index (χ1v) is 9.25. The summed E-state index contributed by atoms with van der Waals surface area (Å²) in [5, 5.41) is 3.34. The first kappa shape index (κ1) is 16.5. The van der Waals surface area contributed by atoms with Crippen molar-refractivity contribution in [3.05, 3.63) is 28.8 Å². The first-order valence-electron chi connectivity index (χ1n) is 7.77. The van der Waals surface area contributed by atoms with Crippen LogP contribution in [0.25, 0.3) is 0 Å². The molecule has 0 spiro atoms. The average molecular weight is 310 g/mol. The second-order valence-corrected chi connectivity index (χ2v) is 7.65. The predicted octanol–water partition coefficient (Wildman–Crippen LogP) is 2.63. The van der Waals surface area contributed by atoms with Gasteiger partial charge in [-0.2, -0.15) is 0 Å². The van der Waals surface area contributed by atoms with E-state index in [0.717, 1.165) is 48.9 Å². The molecular formula is C16H26N2O2S. The number of sulfonamides is 1. The highest BCUT2D eigenvalue weighted by molar-refractivity contribution is 7.89. The molecule has 0 saturated heterocycles. The van der Waals surface area contributed by atoms with E-state index in [4.69, 9.17) is 0 Å². The van der Waals surface area contributed by atoms with E-state index in [0.29, 0.717) is 11.4 Å². The maximum atomic E-state index is 12.5. The SMILES string of the molecule is CCCNCc1cc(S(=O)(=O)NC2CCC2)c(C)cc1C. The summed E-state index contributed by atoms with van der Waals surface area (Å²) in [4.78, 5) is 0.424. The van der Waals surface area contributed by atoms with Crippen LogP contribution < -0.4 is 10.0 Å². The van der Waals surface area contributed by atoms with Gasteiger partial charge in [-0.15, -0.1) is 0 Å². The molecule has 0 bridgehead atoms. The quantitative estimate of drug-likeness (QED) is 0.761. The summed E-state index contributed by atoms with van der Waals surface area (Å²) < 4.78 is 27.9. The summed E-state index contributed by atoms with van der Waals surface area (Å²) in [5.41, 5.74) is 3.01. The van der Waals surface area contributed by atoms with Crippen LogP contribution in [-0.4, -0.2) is 21.0 Å². The van der Waals surface area contributed by atoms with Crippen LogP contribution in [0.1, 0.15) is 49.3 Å². The van der Waals surface area contributed by atoms with E-state index >= 15 is 0 Å². The molecule has 2 N–H and O–H groups in total. The van der Waals surface area contributed by atoms with Crippen molar-refractivity contribution in [3.8, 4) is 0 Å². The summed E-state index contributed by atoms with van der Waals surface area (Å²) in [5.74, 6) is 0. The molecule has 0 heterocycles. The van der Waals surface area contributed by atoms with Crippen molar-refractivity contribution in [2.45, 2.75) is 63.9 Å². The molecular weight excluding hydrogens is 284 g/mol. The van der Waals surface area contributed by atoms with E-state index in [1.54, 1.807) is 0 Å². The second-order valence-electron chi connectivity index (χ2n) is 5.97. The monoisotopic (exact) mass is 310 g/mol. The summed E-state index contributed by atoms with van der Waals surface area (Å²) in [7, 11) is -3.40. The van der Waals surface area contributed by atoms with Gasteiger partial charge in [0.1, 0.15) is 0 Å². The van der Waals surface area contributed by atoms with E-state index in [1.807, 2.05) is 26.0 Å². The number of nitrogens with one attached hydrogen (secondary N) is 2. The molecule has 1 aromatic rings. The van der Waals surface area contributed by atoms with Crippen LogP contribution in [-0.2, 0) is 16.6 Å². The molecule has 1 aliphatic carbocycles. The molecule has 1 aromatic carbocycles. The molecule has 2 rings (SSSR count). The first-order chi connectivity index (χ1) is 9.94. The third kappa shape index (κ3) is 4.05. The molecule has 0 aromatic heterocycles. The highest BCUT2D eigenvalue weighted by Gasteiger charge is 2.26. The molecule has 118 valence electrons. The lowest BCUT2D eigenvalue weighted by Gasteiger charge is -2.26. The van der Waals surface area contributed by atoms with Crippen molar-refractivity contribution in [2.75, 3.05) is 6.54 Å². The molecule has 0 radical (unpaired) electrons. The van der Waals surface area contributed by atoms with Crippen molar-refractivity contribution < 1.29 is 8.42 Å². The minimum Gasteiger partial charge on any atom is -0.313 e. The van der Waals surface area contributed by atoms with Crippen LogP contribution in [0.15, 0.2) is 17.0 Å². The fourth-order valence-corrected chi connectivity index (χ4v) is 4.15. The van der Waals surface area contributed by atoms with Crippen molar-refractivity contribution in [2.24, 2.45) is 0 Å². The van der Waals surface area contributed by atoms with E-state index < -0.39 is 10.0 Å². The summed E-state index contributed by atoms with van der Waals surface area (Å²) >= 11 is 0. The van der Waals surface area contributed by atoms with Gasteiger partial charge in [-0.3, -0.25) is 0 Å². The van der Waals surface area contributed by atoms with Crippen molar-refractivity contribution in [1.82, 2.24) is 10.0 Å². The Labute approximate surface area is 128 Å². The standard InChI is InChI=1S/C16H26N2O2S/c1-4-8-17-11-14-10-16(13(3)9-12(14)2)21(19,20)18-15-6-5-7-15/h9-10,15,17-18H,4-8,11H2,1-3H3. The maximum Gasteiger partial charge on any atom is 0.241 e. The molecule has 0 atom stereocenters. The highest BCUT2D eigenvalue weighted by Crippen LogP contribution is 2.24. The largest absolute Gasteiger partial charge is 0.313 e. The number of benzene rings is 1. The Hall–Kier alpha value is -0.910. The van der Waals surface area contributed by atoms with Crippen molar-refractivity contribution in [1.29, 1.82) is 0 Å². The van der Waals surface area contributed by atoms with Crippen LogP contribution in [0.4, 0.5) is 0 Å². The Kier molecular flexibility index (Phi) is 5.41. The number of hydrogen-bond acceptors (Lipinski definition) is 3. The lowest BCUT2D eigenvalue weighted by molar-refractivity contribution is 0.383. The van der Waals surface area contributed by atoms with Crippen LogP contribution in [0.3, 0.4) is 0 Å². The molecule has 1 saturated carbocycles. The summed E-state index contributed by atoms with van der Waals surface area (Å²) in [6.07, 6.45) is 4.09. The van der Waals surface area contributed by atoms with Crippen molar-refractivity contribution >= 4 is 10.0 Å². The lowest BCUT2D eigenvalue weighted by atomic mass is 9.94. The van der Waals surface area contributed by atoms with Gasteiger partial charge in [0.25, 0.3) is 0 Å². The fraction of sp³-hybridized carbons (Fsp3) is 0.625. The van der Waals surface area contributed by atoms with E-state index in [2.05, 4.69) is 17.0 Å². The van der Waals surface area contributed by atoms with Gasteiger partial charge in [-0.25, -0.2) is 13.1 Å². The Balaban J connectivity index is 2.23. The van der Waals surface area contributed by atoms with Crippen LogP contribution >= 0.6 is 0 Å². The minimum atomic E-state index is -3.40. The van der Waals surface area contributed by atoms with E-state index in [9.17, 15) is 8.42 Å². The van der Waals surface area contributed by atoms with Gasteiger partial charge in [0.2, 0.25) is 10.0 Å². The molecule has 21 heavy (non-hydrogen) atoms. The maximum absolute atomic E-state index is 12.5. The molecule has 0 unspecified atom stereocenters. The normalized spacial score (nSPS) is 16.0. The van der Waals surface area contributed by atoms with Crippen molar-refractivity contribution in [3.63, 3.8) is 0 Å². The number of hydrogen-bond donors (Lipinski definition) is 2. The lowest BCUT2D eigenvalue weighted by Crippen LogP contribution is -2.39. The van der Waals surface area contributed by atoms with Gasteiger partial charge in [-0.1, -0.05) is 19.4 Å².